The molecule has 0 saturated heterocycles. The van der Waals surface area contributed by atoms with Crippen LogP contribution in [0.2, 0.25) is 0 Å². The molecule has 1 N–H and O–H groups in total. The molecule has 1 amide bonds. The zero-order valence-corrected chi connectivity index (χ0v) is 8.85. The summed E-state index contributed by atoms with van der Waals surface area (Å²) in [6.45, 7) is 7.55. The first-order valence-corrected chi connectivity index (χ1v) is 4.68. The van der Waals surface area contributed by atoms with Gasteiger partial charge in [0.25, 0.3) is 0 Å². The lowest BCUT2D eigenvalue weighted by Crippen LogP contribution is -2.48. The minimum atomic E-state index is -0.730. The van der Waals surface area contributed by atoms with Crippen LogP contribution in [0.4, 0.5) is 0 Å². The second kappa shape index (κ2) is 4.86. The molecule has 0 aromatic heterocycles. The Kier molecular flexibility index (Phi) is 4.47. The molecular weight excluding hydrogens is 164 g/mol. The van der Waals surface area contributed by atoms with Gasteiger partial charge in [0.05, 0.1) is 6.07 Å². The minimum Gasteiger partial charge on any atom is -0.338 e. The SMILES string of the molecule is CCCC(=O)N[C@](C)(C#N)C(C)C. The highest BCUT2D eigenvalue weighted by Crippen LogP contribution is 2.15. The van der Waals surface area contributed by atoms with E-state index in [4.69, 9.17) is 5.26 Å². The number of nitriles is 1. The average Bonchev–Trinajstić information content (AvgIpc) is 2.04. The van der Waals surface area contributed by atoms with Gasteiger partial charge in [-0.2, -0.15) is 5.26 Å². The van der Waals surface area contributed by atoms with Crippen molar-refractivity contribution in [1.82, 2.24) is 5.32 Å². The third kappa shape index (κ3) is 3.45. The Morgan fingerprint density at radius 3 is 2.46 bits per heavy atom. The number of nitrogens with zero attached hydrogens (tertiary/aromatic N) is 1. The zero-order chi connectivity index (χ0) is 10.5. The average molecular weight is 182 g/mol. The van der Waals surface area contributed by atoms with Crippen LogP contribution in [-0.2, 0) is 4.79 Å². The number of carbonyl (C=O) groups is 1. The molecule has 3 nitrogen and oxygen atoms in total. The summed E-state index contributed by atoms with van der Waals surface area (Å²) in [6.07, 6.45) is 1.30. The number of carbonyl (C=O) groups excluding carboxylic acids is 1. The molecule has 0 unspecified atom stereocenters. The van der Waals surface area contributed by atoms with Gasteiger partial charge in [0.1, 0.15) is 5.54 Å². The summed E-state index contributed by atoms with van der Waals surface area (Å²) >= 11 is 0. The molecule has 13 heavy (non-hydrogen) atoms. The van der Waals surface area contributed by atoms with E-state index in [1.54, 1.807) is 6.92 Å². The van der Waals surface area contributed by atoms with Crippen LogP contribution in [0.5, 0.6) is 0 Å². The Labute approximate surface area is 80.1 Å². The third-order valence-electron chi connectivity index (χ3n) is 2.26. The zero-order valence-electron chi connectivity index (χ0n) is 8.85. The van der Waals surface area contributed by atoms with E-state index in [9.17, 15) is 4.79 Å². The van der Waals surface area contributed by atoms with E-state index in [-0.39, 0.29) is 11.8 Å². The Morgan fingerprint density at radius 2 is 2.15 bits per heavy atom. The summed E-state index contributed by atoms with van der Waals surface area (Å²) in [6, 6.07) is 2.14. The summed E-state index contributed by atoms with van der Waals surface area (Å²) < 4.78 is 0. The maximum Gasteiger partial charge on any atom is 0.221 e. The van der Waals surface area contributed by atoms with Crippen LogP contribution in [0.15, 0.2) is 0 Å². The van der Waals surface area contributed by atoms with Crippen molar-refractivity contribution in [1.29, 1.82) is 5.26 Å². The predicted molar refractivity (Wildman–Crippen MR) is 51.9 cm³/mol. The Balaban J connectivity index is 4.30. The maximum atomic E-state index is 11.3. The molecule has 3 heteroatoms. The standard InChI is InChI=1S/C10H18N2O/c1-5-6-9(13)12-10(4,7-11)8(2)3/h8H,5-6H2,1-4H3,(H,12,13)/t10-/m1/s1. The van der Waals surface area contributed by atoms with Crippen molar-refractivity contribution in [3.8, 4) is 6.07 Å². The lowest BCUT2D eigenvalue weighted by Gasteiger charge is -2.27. The van der Waals surface area contributed by atoms with Gasteiger partial charge in [0.15, 0.2) is 0 Å². The number of rotatable bonds is 4. The molecule has 0 heterocycles. The van der Waals surface area contributed by atoms with E-state index in [1.807, 2.05) is 20.8 Å². The largest absolute Gasteiger partial charge is 0.338 e. The van der Waals surface area contributed by atoms with Gasteiger partial charge in [-0.3, -0.25) is 4.79 Å². The fraction of sp³-hybridized carbons (Fsp3) is 0.800. The van der Waals surface area contributed by atoms with Gasteiger partial charge in [0.2, 0.25) is 5.91 Å². The molecule has 0 bridgehead atoms. The van der Waals surface area contributed by atoms with Gasteiger partial charge in [-0.15, -0.1) is 0 Å². The summed E-state index contributed by atoms with van der Waals surface area (Å²) in [7, 11) is 0. The van der Waals surface area contributed by atoms with Crippen LogP contribution in [-0.4, -0.2) is 11.4 Å². The summed E-state index contributed by atoms with van der Waals surface area (Å²) in [5.41, 5.74) is -0.730. The van der Waals surface area contributed by atoms with Crippen molar-refractivity contribution in [2.75, 3.05) is 0 Å². The van der Waals surface area contributed by atoms with Gasteiger partial charge in [-0.25, -0.2) is 0 Å². The highest BCUT2D eigenvalue weighted by atomic mass is 16.1. The number of hydrogen-bond donors (Lipinski definition) is 1. The number of amides is 1. The van der Waals surface area contributed by atoms with Crippen LogP contribution in [0.3, 0.4) is 0 Å². The topological polar surface area (TPSA) is 52.9 Å². The summed E-state index contributed by atoms with van der Waals surface area (Å²) in [4.78, 5) is 11.3. The third-order valence-corrected chi connectivity index (χ3v) is 2.26. The lowest BCUT2D eigenvalue weighted by atomic mass is 9.90. The van der Waals surface area contributed by atoms with Crippen molar-refractivity contribution in [2.45, 2.75) is 46.1 Å². The monoisotopic (exact) mass is 182 g/mol. The Hall–Kier alpha value is -1.04. The normalized spacial score (nSPS) is 14.8. The number of nitrogens with one attached hydrogen (secondary N) is 1. The molecule has 0 aliphatic carbocycles. The van der Waals surface area contributed by atoms with E-state index >= 15 is 0 Å². The van der Waals surface area contributed by atoms with E-state index < -0.39 is 5.54 Å². The summed E-state index contributed by atoms with van der Waals surface area (Å²) in [5.74, 6) is 0.0820. The highest BCUT2D eigenvalue weighted by Gasteiger charge is 2.29. The Morgan fingerprint density at radius 1 is 1.62 bits per heavy atom. The van der Waals surface area contributed by atoms with Crippen LogP contribution < -0.4 is 5.32 Å². The molecule has 0 aromatic carbocycles. The Bertz CT molecular complexity index is 217. The van der Waals surface area contributed by atoms with Gasteiger partial charge in [-0.1, -0.05) is 20.8 Å². The first-order valence-electron chi connectivity index (χ1n) is 4.68. The van der Waals surface area contributed by atoms with Crippen molar-refractivity contribution >= 4 is 5.91 Å². The molecule has 0 aliphatic rings. The van der Waals surface area contributed by atoms with E-state index in [2.05, 4.69) is 11.4 Å². The maximum absolute atomic E-state index is 11.3. The van der Waals surface area contributed by atoms with Crippen LogP contribution >= 0.6 is 0 Å². The smallest absolute Gasteiger partial charge is 0.221 e. The molecule has 0 spiro atoms. The van der Waals surface area contributed by atoms with Crippen molar-refractivity contribution < 1.29 is 4.79 Å². The predicted octanol–water partition coefficient (Wildman–Crippen LogP) is 1.84. The molecule has 0 radical (unpaired) electrons. The van der Waals surface area contributed by atoms with E-state index in [0.717, 1.165) is 6.42 Å². The highest BCUT2D eigenvalue weighted by molar-refractivity contribution is 5.77. The van der Waals surface area contributed by atoms with Gasteiger partial charge < -0.3 is 5.32 Å². The molecule has 0 rings (SSSR count). The van der Waals surface area contributed by atoms with Gasteiger partial charge in [0, 0.05) is 6.42 Å². The fourth-order valence-electron chi connectivity index (χ4n) is 0.881. The lowest BCUT2D eigenvalue weighted by molar-refractivity contribution is -0.122. The van der Waals surface area contributed by atoms with E-state index in [1.165, 1.54) is 0 Å². The van der Waals surface area contributed by atoms with Gasteiger partial charge >= 0.3 is 0 Å². The second-order valence-corrected chi connectivity index (χ2v) is 3.77. The molecule has 74 valence electrons. The van der Waals surface area contributed by atoms with Crippen LogP contribution in [0, 0.1) is 17.2 Å². The second-order valence-electron chi connectivity index (χ2n) is 3.77. The van der Waals surface area contributed by atoms with Crippen LogP contribution in [0.25, 0.3) is 0 Å². The molecular formula is C10H18N2O. The van der Waals surface area contributed by atoms with Crippen molar-refractivity contribution in [2.24, 2.45) is 5.92 Å². The molecule has 0 aromatic rings. The van der Waals surface area contributed by atoms with Crippen LogP contribution in [0.1, 0.15) is 40.5 Å². The molecule has 0 aliphatic heterocycles. The fourth-order valence-corrected chi connectivity index (χ4v) is 0.881. The number of hydrogen-bond acceptors (Lipinski definition) is 2. The first-order chi connectivity index (χ1) is 5.96. The van der Waals surface area contributed by atoms with E-state index in [0.29, 0.717) is 6.42 Å². The molecule has 0 fully saturated rings. The minimum absolute atomic E-state index is 0.0414. The van der Waals surface area contributed by atoms with Crippen molar-refractivity contribution in [3.05, 3.63) is 0 Å². The van der Waals surface area contributed by atoms with Crippen molar-refractivity contribution in [3.63, 3.8) is 0 Å². The van der Waals surface area contributed by atoms with Gasteiger partial charge in [-0.05, 0) is 19.3 Å². The quantitative estimate of drug-likeness (QED) is 0.721. The first kappa shape index (κ1) is 12.0. The summed E-state index contributed by atoms with van der Waals surface area (Å²) in [5, 5.41) is 11.7. The molecule has 1 atom stereocenters. The molecule has 0 saturated carbocycles.